The summed E-state index contributed by atoms with van der Waals surface area (Å²) in [5.74, 6) is -0.277. The van der Waals surface area contributed by atoms with Gasteiger partial charge in [0.2, 0.25) is 0 Å². The number of hydrogen-bond acceptors (Lipinski definition) is 2. The summed E-state index contributed by atoms with van der Waals surface area (Å²) in [4.78, 5) is 3.10. The molecule has 1 atom stereocenters. The molecule has 0 aliphatic heterocycles. The van der Waals surface area contributed by atoms with Crippen molar-refractivity contribution in [2.75, 3.05) is 13.2 Å². The fourth-order valence-electron chi connectivity index (χ4n) is 2.41. The van der Waals surface area contributed by atoms with Gasteiger partial charge in [0.25, 0.3) is 0 Å². The second-order valence-corrected chi connectivity index (χ2v) is 4.80. The van der Waals surface area contributed by atoms with Crippen molar-refractivity contribution in [2.45, 2.75) is 18.3 Å². The zero-order valence-corrected chi connectivity index (χ0v) is 10.6. The number of nitrogens with one attached hydrogen (secondary N) is 1. The van der Waals surface area contributed by atoms with Crippen LogP contribution in [0.25, 0.3) is 0 Å². The molecule has 2 aromatic rings. The van der Waals surface area contributed by atoms with E-state index in [2.05, 4.69) is 4.98 Å². The van der Waals surface area contributed by atoms with Crippen molar-refractivity contribution in [1.29, 1.82) is 0 Å². The van der Waals surface area contributed by atoms with Gasteiger partial charge in [0.1, 0.15) is 5.82 Å². The van der Waals surface area contributed by atoms with Gasteiger partial charge < -0.3 is 15.2 Å². The predicted octanol–water partition coefficient (Wildman–Crippen LogP) is 2.01. The van der Waals surface area contributed by atoms with Crippen molar-refractivity contribution in [1.82, 2.24) is 4.98 Å². The fraction of sp³-hybridized carbons (Fsp3) is 0.333. The Hall–Kier alpha value is -1.65. The third-order valence-electron chi connectivity index (χ3n) is 3.52. The maximum atomic E-state index is 12.9. The van der Waals surface area contributed by atoms with Crippen LogP contribution in [-0.2, 0) is 11.8 Å². The molecule has 3 nitrogen and oxygen atoms in total. The fourth-order valence-corrected chi connectivity index (χ4v) is 2.41. The van der Waals surface area contributed by atoms with Crippen LogP contribution in [0.4, 0.5) is 4.39 Å². The Balaban J connectivity index is 2.30. The van der Waals surface area contributed by atoms with Crippen LogP contribution < -0.4 is 0 Å². The summed E-state index contributed by atoms with van der Waals surface area (Å²) in [5, 5.41) is 19.1. The monoisotopic (exact) mass is 263 g/mol. The van der Waals surface area contributed by atoms with Gasteiger partial charge in [-0.15, -0.1) is 0 Å². The molecular weight excluding hydrogens is 245 g/mol. The highest BCUT2D eigenvalue weighted by Gasteiger charge is 2.32. The number of benzene rings is 1. The van der Waals surface area contributed by atoms with Crippen molar-refractivity contribution in [3.63, 3.8) is 0 Å². The largest absolute Gasteiger partial charge is 0.396 e. The van der Waals surface area contributed by atoms with Crippen LogP contribution in [0.1, 0.15) is 17.7 Å². The molecule has 1 aromatic carbocycles. The normalized spacial score (nSPS) is 14.3. The second kappa shape index (κ2) is 5.99. The molecule has 1 heterocycles. The van der Waals surface area contributed by atoms with E-state index in [9.17, 15) is 14.6 Å². The van der Waals surface area contributed by atoms with Gasteiger partial charge in [-0.2, -0.15) is 0 Å². The molecular formula is C15H18FNO2. The first-order valence-electron chi connectivity index (χ1n) is 6.30. The number of halogens is 1. The van der Waals surface area contributed by atoms with Crippen LogP contribution in [0, 0.1) is 5.82 Å². The molecule has 0 bridgehead atoms. The minimum absolute atomic E-state index is 0.0131. The first kappa shape index (κ1) is 13.8. The molecule has 3 N–H and O–H groups in total. The Bertz CT molecular complexity index is 495. The maximum Gasteiger partial charge on any atom is 0.123 e. The summed E-state index contributed by atoms with van der Waals surface area (Å²) in [7, 11) is 0. The van der Waals surface area contributed by atoms with Gasteiger partial charge >= 0.3 is 0 Å². The van der Waals surface area contributed by atoms with Crippen LogP contribution >= 0.6 is 0 Å². The van der Waals surface area contributed by atoms with E-state index in [-0.39, 0.29) is 19.0 Å². The number of aliphatic hydroxyl groups is 2. The molecule has 0 spiro atoms. The number of aromatic amines is 1. The van der Waals surface area contributed by atoms with E-state index in [4.69, 9.17) is 0 Å². The van der Waals surface area contributed by atoms with Crippen molar-refractivity contribution in [3.05, 3.63) is 59.7 Å². The van der Waals surface area contributed by atoms with Crippen molar-refractivity contribution in [3.8, 4) is 0 Å². The molecule has 19 heavy (non-hydrogen) atoms. The first-order valence-corrected chi connectivity index (χ1v) is 6.30. The predicted molar refractivity (Wildman–Crippen MR) is 71.4 cm³/mol. The summed E-state index contributed by atoms with van der Waals surface area (Å²) < 4.78 is 12.9. The third-order valence-corrected chi connectivity index (χ3v) is 3.52. The van der Waals surface area contributed by atoms with Gasteiger partial charge in [-0.05, 0) is 42.7 Å². The number of H-pyrrole nitrogens is 1. The summed E-state index contributed by atoms with van der Waals surface area (Å²) in [6.07, 6.45) is 2.79. The quantitative estimate of drug-likeness (QED) is 0.746. The first-order chi connectivity index (χ1) is 9.20. The van der Waals surface area contributed by atoms with Gasteiger partial charge in [0.05, 0.1) is 6.61 Å². The van der Waals surface area contributed by atoms with E-state index in [1.165, 1.54) is 12.1 Å². The van der Waals surface area contributed by atoms with E-state index in [0.717, 1.165) is 11.3 Å². The number of aromatic nitrogens is 1. The van der Waals surface area contributed by atoms with Crippen molar-refractivity contribution < 1.29 is 14.6 Å². The minimum atomic E-state index is -0.559. The highest BCUT2D eigenvalue weighted by Crippen LogP contribution is 2.30. The molecule has 0 saturated carbocycles. The van der Waals surface area contributed by atoms with E-state index in [0.29, 0.717) is 12.8 Å². The molecule has 0 saturated heterocycles. The Morgan fingerprint density at radius 1 is 1.11 bits per heavy atom. The lowest BCUT2D eigenvalue weighted by atomic mass is 9.77. The topological polar surface area (TPSA) is 56.2 Å². The zero-order valence-electron chi connectivity index (χ0n) is 10.6. The summed E-state index contributed by atoms with van der Waals surface area (Å²) >= 11 is 0. The van der Waals surface area contributed by atoms with E-state index in [1.807, 2.05) is 12.1 Å². The highest BCUT2D eigenvalue weighted by molar-refractivity contribution is 5.25. The van der Waals surface area contributed by atoms with Crippen molar-refractivity contribution >= 4 is 0 Å². The Morgan fingerprint density at radius 2 is 1.84 bits per heavy atom. The lowest BCUT2D eigenvalue weighted by molar-refractivity contribution is 0.148. The summed E-state index contributed by atoms with van der Waals surface area (Å²) in [5.41, 5.74) is 1.25. The maximum absolute atomic E-state index is 12.9. The molecule has 1 unspecified atom stereocenters. The Kier molecular flexibility index (Phi) is 4.35. The van der Waals surface area contributed by atoms with Crippen LogP contribution in [0.15, 0.2) is 42.6 Å². The highest BCUT2D eigenvalue weighted by atomic mass is 19.1. The molecule has 102 valence electrons. The Labute approximate surface area is 111 Å². The number of hydrogen-bond donors (Lipinski definition) is 3. The van der Waals surface area contributed by atoms with E-state index >= 15 is 0 Å². The lowest BCUT2D eigenvalue weighted by Gasteiger charge is -2.30. The van der Waals surface area contributed by atoms with Gasteiger partial charge in [-0.1, -0.05) is 12.1 Å². The van der Waals surface area contributed by atoms with Crippen molar-refractivity contribution in [2.24, 2.45) is 0 Å². The van der Waals surface area contributed by atoms with Gasteiger partial charge in [0, 0.05) is 23.9 Å². The van der Waals surface area contributed by atoms with Gasteiger partial charge in [-0.3, -0.25) is 0 Å². The van der Waals surface area contributed by atoms with Gasteiger partial charge in [-0.25, -0.2) is 4.39 Å². The smallest absolute Gasteiger partial charge is 0.123 e. The second-order valence-electron chi connectivity index (χ2n) is 4.80. The molecule has 0 amide bonds. The molecule has 0 fully saturated rings. The van der Waals surface area contributed by atoms with E-state index in [1.54, 1.807) is 18.3 Å². The zero-order chi connectivity index (χ0) is 13.7. The van der Waals surface area contributed by atoms with Crippen LogP contribution in [0.5, 0.6) is 0 Å². The molecule has 0 aliphatic rings. The SMILES string of the molecule is OCCC(CO)(Cc1ccc(F)cc1)c1ccc[nH]1. The standard InChI is InChI=1S/C15H18FNO2/c16-13-5-3-12(4-6-13)10-15(11-19,7-9-18)14-2-1-8-17-14/h1-6,8,17-19H,7,9-11H2. The molecule has 0 aliphatic carbocycles. The molecule has 2 rings (SSSR count). The molecule has 1 aromatic heterocycles. The number of rotatable bonds is 6. The average Bonchev–Trinajstić information content (AvgIpc) is 2.95. The summed E-state index contributed by atoms with van der Waals surface area (Å²) in [6, 6.07) is 9.99. The third kappa shape index (κ3) is 3.03. The Morgan fingerprint density at radius 3 is 2.37 bits per heavy atom. The molecule has 4 heteroatoms. The summed E-state index contributed by atoms with van der Waals surface area (Å²) in [6.45, 7) is -0.0910. The lowest BCUT2D eigenvalue weighted by Crippen LogP contribution is -2.35. The van der Waals surface area contributed by atoms with E-state index < -0.39 is 5.41 Å². The molecule has 0 radical (unpaired) electrons. The average molecular weight is 263 g/mol. The minimum Gasteiger partial charge on any atom is -0.396 e. The van der Waals surface area contributed by atoms with Gasteiger partial charge in [0.15, 0.2) is 0 Å². The van der Waals surface area contributed by atoms with Crippen LogP contribution in [0.3, 0.4) is 0 Å². The number of aliphatic hydroxyl groups excluding tert-OH is 2. The van der Waals surface area contributed by atoms with Crippen LogP contribution in [0.2, 0.25) is 0 Å². The van der Waals surface area contributed by atoms with Crippen LogP contribution in [-0.4, -0.2) is 28.4 Å².